The summed E-state index contributed by atoms with van der Waals surface area (Å²) in [5, 5.41) is 27.9. The Hall–Kier alpha value is -2.58. The molecule has 2 aliphatic heterocycles. The molecule has 5 N–H and O–H groups in total. The third-order valence-electron chi connectivity index (χ3n) is 11.0. The number of carbonyl (C=O) groups excluding carboxylic acids is 2. The molecule has 2 aliphatic carbocycles. The maximum absolute atomic E-state index is 12.7. The van der Waals surface area contributed by atoms with Gasteiger partial charge in [-0.05, 0) is 134 Å². The molecule has 0 radical (unpaired) electrons. The second-order valence-electron chi connectivity index (χ2n) is 14.0. The van der Waals surface area contributed by atoms with Crippen molar-refractivity contribution >= 4 is 23.0 Å². The van der Waals surface area contributed by atoms with Crippen LogP contribution in [0.3, 0.4) is 0 Å². The van der Waals surface area contributed by atoms with Crippen LogP contribution in [0.4, 0.5) is 0 Å². The zero-order valence-electron chi connectivity index (χ0n) is 30.7. The van der Waals surface area contributed by atoms with E-state index >= 15 is 0 Å². The first-order valence-corrected chi connectivity index (χ1v) is 17.7. The molecular formula is C42H63N2NaO5. The maximum Gasteiger partial charge on any atom is 1.00 e. The van der Waals surface area contributed by atoms with Gasteiger partial charge in [-0.25, -0.2) is 0 Å². The zero-order valence-corrected chi connectivity index (χ0v) is 32.7. The van der Waals surface area contributed by atoms with Gasteiger partial charge in [0.2, 0.25) is 0 Å². The zero-order chi connectivity index (χ0) is 33.6. The fraction of sp³-hybridized carbons (Fsp3) is 0.571. The third kappa shape index (κ3) is 8.06. The Morgan fingerprint density at radius 1 is 0.580 bits per heavy atom. The average Bonchev–Trinajstić information content (AvgIpc) is 3.98. The molecule has 2 unspecified atom stereocenters. The van der Waals surface area contributed by atoms with Crippen molar-refractivity contribution in [3.8, 4) is 0 Å². The minimum absolute atomic E-state index is 0. The molecule has 2 fully saturated rings. The third-order valence-corrected chi connectivity index (χ3v) is 11.0. The summed E-state index contributed by atoms with van der Waals surface area (Å²) < 4.78 is 0. The van der Waals surface area contributed by atoms with Gasteiger partial charge in [0, 0.05) is 0 Å². The summed E-state index contributed by atoms with van der Waals surface area (Å²) in [5.74, 6) is 0.997. The second-order valence-corrected chi connectivity index (χ2v) is 14.0. The summed E-state index contributed by atoms with van der Waals surface area (Å²) in [6.07, 6.45) is 9.71. The molecule has 0 saturated heterocycles. The predicted octanol–water partition coefficient (Wildman–Crippen LogP) is 5.98. The van der Waals surface area contributed by atoms with Crippen LogP contribution >= 0.6 is 0 Å². The topological polar surface area (TPSA) is 129 Å². The SMILES string of the molecule is C.C.CCc1cc(CC)c(C2=C(O)C(C)(C3CC3)NC2=O)c(CC)c1.CCc1cc(CC)c(C2=C(O)C(C)(C3CC3)NC2=O)c(CC)c1.[Na+].[OH-]. The number of hydrogen-bond acceptors (Lipinski definition) is 5. The van der Waals surface area contributed by atoms with Crippen LogP contribution in [0.1, 0.15) is 140 Å². The number of amides is 2. The van der Waals surface area contributed by atoms with Gasteiger partial charge in [0.25, 0.3) is 11.8 Å². The summed E-state index contributed by atoms with van der Waals surface area (Å²) in [4.78, 5) is 25.4. The van der Waals surface area contributed by atoms with Crippen molar-refractivity contribution in [3.63, 3.8) is 0 Å². The number of aryl methyl sites for hydroxylation is 6. The minimum atomic E-state index is -0.578. The van der Waals surface area contributed by atoms with Crippen LogP contribution in [0, 0.1) is 11.8 Å². The van der Waals surface area contributed by atoms with Crippen LogP contribution in [0.5, 0.6) is 0 Å². The van der Waals surface area contributed by atoms with Crippen molar-refractivity contribution in [2.45, 2.75) is 146 Å². The molecule has 2 aromatic carbocycles. The van der Waals surface area contributed by atoms with E-state index in [4.69, 9.17) is 0 Å². The summed E-state index contributed by atoms with van der Waals surface area (Å²) in [7, 11) is 0. The van der Waals surface area contributed by atoms with Crippen molar-refractivity contribution in [2.75, 3.05) is 0 Å². The van der Waals surface area contributed by atoms with Gasteiger partial charge in [0.05, 0.1) is 22.2 Å². The van der Waals surface area contributed by atoms with E-state index in [-0.39, 0.29) is 73.2 Å². The molecule has 0 spiro atoms. The monoisotopic (exact) mass is 698 g/mol. The van der Waals surface area contributed by atoms with Crippen LogP contribution in [0.25, 0.3) is 11.1 Å². The number of rotatable bonds is 10. The van der Waals surface area contributed by atoms with Crippen LogP contribution in [-0.2, 0) is 48.1 Å². The molecule has 0 bridgehead atoms. The number of benzene rings is 2. The summed E-state index contributed by atoms with van der Waals surface area (Å²) in [6.45, 7) is 16.7. The molecule has 272 valence electrons. The molecule has 2 heterocycles. The Balaban J connectivity index is 0.000000463. The van der Waals surface area contributed by atoms with E-state index < -0.39 is 11.1 Å². The van der Waals surface area contributed by atoms with E-state index in [1.54, 1.807) is 0 Å². The second kappa shape index (κ2) is 17.8. The Labute approximate surface area is 324 Å². The first-order valence-electron chi connectivity index (χ1n) is 17.7. The normalized spacial score (nSPS) is 22.3. The smallest absolute Gasteiger partial charge is 0.870 e. The number of carbonyl (C=O) groups is 2. The minimum Gasteiger partial charge on any atom is -0.870 e. The average molecular weight is 699 g/mol. The molecule has 2 atom stereocenters. The number of aliphatic hydroxyl groups excluding tert-OH is 2. The van der Waals surface area contributed by atoms with Crippen LogP contribution < -0.4 is 40.2 Å². The van der Waals surface area contributed by atoms with E-state index in [1.807, 2.05) is 13.8 Å². The molecule has 8 heteroatoms. The van der Waals surface area contributed by atoms with E-state index in [9.17, 15) is 19.8 Å². The molecule has 2 aromatic rings. The quantitative estimate of drug-likeness (QED) is 0.227. The summed E-state index contributed by atoms with van der Waals surface area (Å²) in [5.41, 5.74) is 9.05. The van der Waals surface area contributed by atoms with Crippen molar-refractivity contribution < 1.29 is 54.8 Å². The number of hydrogen-bond donors (Lipinski definition) is 4. The van der Waals surface area contributed by atoms with Crippen molar-refractivity contribution in [2.24, 2.45) is 11.8 Å². The van der Waals surface area contributed by atoms with Gasteiger partial charge >= 0.3 is 29.6 Å². The van der Waals surface area contributed by atoms with Crippen molar-refractivity contribution in [3.05, 3.63) is 80.3 Å². The van der Waals surface area contributed by atoms with Gasteiger partial charge in [-0.2, -0.15) is 0 Å². The fourth-order valence-electron chi connectivity index (χ4n) is 7.67. The Kier molecular flexibility index (Phi) is 16.1. The van der Waals surface area contributed by atoms with Gasteiger partial charge < -0.3 is 26.3 Å². The molecule has 6 rings (SSSR count). The van der Waals surface area contributed by atoms with Gasteiger partial charge in [0.1, 0.15) is 11.5 Å². The fourth-order valence-corrected chi connectivity index (χ4v) is 7.67. The van der Waals surface area contributed by atoms with Gasteiger partial charge in [-0.3, -0.25) is 9.59 Å². The van der Waals surface area contributed by atoms with Gasteiger partial charge in [-0.15, -0.1) is 0 Å². The first kappa shape index (κ1) is 45.4. The number of nitrogens with one attached hydrogen (secondary N) is 2. The van der Waals surface area contributed by atoms with E-state index in [0.29, 0.717) is 23.0 Å². The van der Waals surface area contributed by atoms with Crippen LogP contribution in [-0.4, -0.2) is 38.6 Å². The standard InChI is InChI=1S/2C20H27NO2.2CH4.Na.H2O/c2*1-5-12-10-13(6-2)16(14(7-3)11-12)17-18(22)20(4,15-8-9-15)21-19(17)23;;;;/h2*10-11,15,22H,5-9H2,1-4H3,(H,21,23);2*1H4;;1H2/q;;;;+1;/p-1. The van der Waals surface area contributed by atoms with Crippen LogP contribution in [0.15, 0.2) is 35.8 Å². The van der Waals surface area contributed by atoms with E-state index in [2.05, 4.69) is 76.4 Å². The molecule has 2 amide bonds. The van der Waals surface area contributed by atoms with Crippen molar-refractivity contribution in [1.29, 1.82) is 0 Å². The van der Waals surface area contributed by atoms with Gasteiger partial charge in [0.15, 0.2) is 0 Å². The predicted molar refractivity (Wildman–Crippen MR) is 202 cm³/mol. The molecule has 7 nitrogen and oxygen atoms in total. The summed E-state index contributed by atoms with van der Waals surface area (Å²) >= 11 is 0. The summed E-state index contributed by atoms with van der Waals surface area (Å²) in [6, 6.07) is 8.76. The Morgan fingerprint density at radius 3 is 1.04 bits per heavy atom. The molecule has 2 saturated carbocycles. The Bertz CT molecular complexity index is 1450. The van der Waals surface area contributed by atoms with Crippen molar-refractivity contribution in [1.82, 2.24) is 10.6 Å². The molecule has 0 aromatic heterocycles. The van der Waals surface area contributed by atoms with E-state index in [0.717, 1.165) is 97.6 Å². The molecule has 50 heavy (non-hydrogen) atoms. The molecule has 4 aliphatic rings. The maximum atomic E-state index is 12.7. The van der Waals surface area contributed by atoms with E-state index in [1.165, 1.54) is 11.1 Å². The first-order chi connectivity index (χ1) is 21.9. The number of aliphatic hydroxyl groups is 2. The van der Waals surface area contributed by atoms with Crippen LogP contribution in [0.2, 0.25) is 0 Å². The Morgan fingerprint density at radius 2 is 0.840 bits per heavy atom. The molecular weight excluding hydrogens is 635 g/mol. The van der Waals surface area contributed by atoms with Gasteiger partial charge in [-0.1, -0.05) is 80.7 Å². The largest absolute Gasteiger partial charge is 1.00 e.